The van der Waals surface area contributed by atoms with Crippen LogP contribution < -0.4 is 10.6 Å². The van der Waals surface area contributed by atoms with Crippen molar-refractivity contribution in [2.75, 3.05) is 24.3 Å². The zero-order valence-electron chi connectivity index (χ0n) is 24.8. The number of benzene rings is 2. The summed E-state index contributed by atoms with van der Waals surface area (Å²) in [5, 5.41) is 14.9. The van der Waals surface area contributed by atoms with Gasteiger partial charge in [-0.05, 0) is 51.0 Å². The maximum Gasteiger partial charge on any atom is 0.348 e. The molecule has 4 rings (SSSR count). The van der Waals surface area contributed by atoms with Crippen molar-refractivity contribution in [3.63, 3.8) is 0 Å². The fraction of sp³-hybridized carbons (Fsp3) is 0.290. The fourth-order valence-electron chi connectivity index (χ4n) is 4.26. The van der Waals surface area contributed by atoms with Crippen LogP contribution >= 0.6 is 23.1 Å². The fourth-order valence-corrected chi connectivity index (χ4v) is 6.13. The van der Waals surface area contributed by atoms with Gasteiger partial charge in [-0.25, -0.2) is 9.59 Å². The van der Waals surface area contributed by atoms with Gasteiger partial charge in [-0.15, -0.1) is 21.5 Å². The molecule has 2 aromatic carbocycles. The lowest BCUT2D eigenvalue weighted by molar-refractivity contribution is -0.113. The normalized spacial score (nSPS) is 10.7. The van der Waals surface area contributed by atoms with E-state index in [1.807, 2.05) is 60.0 Å². The van der Waals surface area contributed by atoms with Gasteiger partial charge in [-0.1, -0.05) is 59.8 Å². The van der Waals surface area contributed by atoms with Crippen LogP contribution in [0, 0.1) is 13.8 Å². The molecule has 0 aliphatic carbocycles. The van der Waals surface area contributed by atoms with E-state index < -0.39 is 17.8 Å². The molecule has 0 unspecified atom stereocenters. The highest BCUT2D eigenvalue weighted by atomic mass is 32.2. The van der Waals surface area contributed by atoms with Crippen molar-refractivity contribution in [1.82, 2.24) is 20.1 Å². The SMILES string of the molecule is CCOC(=O)c1sc(NC(=O)CSc2nnc(CNC(=O)c3cccc(C)c3)n2Cc2ccccc2)c(C(=O)OCC)c1C. The van der Waals surface area contributed by atoms with Gasteiger partial charge in [0.05, 0.1) is 37.6 Å². The first kappa shape index (κ1) is 32.4. The maximum absolute atomic E-state index is 13.1. The Labute approximate surface area is 263 Å². The molecule has 0 bridgehead atoms. The number of aromatic nitrogens is 3. The zero-order valence-corrected chi connectivity index (χ0v) is 26.5. The summed E-state index contributed by atoms with van der Waals surface area (Å²) in [5.74, 6) is -1.40. The molecule has 0 aliphatic rings. The first-order chi connectivity index (χ1) is 21.2. The molecule has 2 N–H and O–H groups in total. The van der Waals surface area contributed by atoms with E-state index in [2.05, 4.69) is 20.8 Å². The first-order valence-electron chi connectivity index (χ1n) is 13.9. The van der Waals surface area contributed by atoms with Gasteiger partial charge >= 0.3 is 11.9 Å². The molecule has 230 valence electrons. The van der Waals surface area contributed by atoms with Crippen molar-refractivity contribution in [2.45, 2.75) is 45.9 Å². The number of anilines is 1. The Morgan fingerprint density at radius 1 is 0.932 bits per heavy atom. The molecule has 0 saturated heterocycles. The highest BCUT2D eigenvalue weighted by molar-refractivity contribution is 7.99. The Bertz CT molecular complexity index is 1650. The van der Waals surface area contributed by atoms with Crippen LogP contribution in [0.3, 0.4) is 0 Å². The third-order valence-corrected chi connectivity index (χ3v) is 8.49. The van der Waals surface area contributed by atoms with Crippen LogP contribution in [-0.2, 0) is 27.4 Å². The Balaban J connectivity index is 1.51. The summed E-state index contributed by atoms with van der Waals surface area (Å²) >= 11 is 2.12. The van der Waals surface area contributed by atoms with Crippen molar-refractivity contribution < 1.29 is 28.7 Å². The van der Waals surface area contributed by atoms with Gasteiger partial charge in [0.2, 0.25) is 5.91 Å². The lowest BCUT2D eigenvalue weighted by atomic mass is 10.1. The van der Waals surface area contributed by atoms with Crippen molar-refractivity contribution >= 4 is 51.9 Å². The number of nitrogens with one attached hydrogen (secondary N) is 2. The molecule has 0 radical (unpaired) electrons. The van der Waals surface area contributed by atoms with Crippen molar-refractivity contribution in [3.8, 4) is 0 Å². The minimum atomic E-state index is -0.639. The van der Waals surface area contributed by atoms with Crippen LogP contribution in [0.15, 0.2) is 59.8 Å². The number of rotatable bonds is 13. The number of ether oxygens (including phenoxy) is 2. The minimum Gasteiger partial charge on any atom is -0.462 e. The van der Waals surface area contributed by atoms with Gasteiger partial charge in [-0.3, -0.25) is 9.59 Å². The van der Waals surface area contributed by atoms with Crippen LogP contribution in [0.4, 0.5) is 5.00 Å². The third kappa shape index (κ3) is 8.11. The highest BCUT2D eigenvalue weighted by Gasteiger charge is 2.27. The Kier molecular flexibility index (Phi) is 11.3. The van der Waals surface area contributed by atoms with E-state index in [4.69, 9.17) is 9.47 Å². The van der Waals surface area contributed by atoms with E-state index in [9.17, 15) is 19.2 Å². The molecule has 2 aromatic heterocycles. The summed E-state index contributed by atoms with van der Waals surface area (Å²) in [6, 6.07) is 17.0. The maximum atomic E-state index is 13.1. The van der Waals surface area contributed by atoms with E-state index in [0.717, 1.165) is 34.2 Å². The van der Waals surface area contributed by atoms with Crippen molar-refractivity contribution in [3.05, 3.63) is 93.1 Å². The molecule has 11 nitrogen and oxygen atoms in total. The summed E-state index contributed by atoms with van der Waals surface area (Å²) < 4.78 is 12.1. The summed E-state index contributed by atoms with van der Waals surface area (Å²) in [4.78, 5) is 51.3. The highest BCUT2D eigenvalue weighted by Crippen LogP contribution is 2.34. The number of hydrogen-bond donors (Lipinski definition) is 2. The lowest BCUT2D eigenvalue weighted by Gasteiger charge is -2.11. The van der Waals surface area contributed by atoms with Crippen LogP contribution in [0.1, 0.15) is 66.7 Å². The second-order valence-electron chi connectivity index (χ2n) is 9.56. The van der Waals surface area contributed by atoms with Crippen LogP contribution in [0.5, 0.6) is 0 Å². The van der Waals surface area contributed by atoms with E-state index in [-0.39, 0.29) is 46.9 Å². The number of nitrogens with zero attached hydrogens (tertiary/aromatic N) is 3. The van der Waals surface area contributed by atoms with E-state index in [1.165, 1.54) is 0 Å². The number of thioether (sulfide) groups is 1. The van der Waals surface area contributed by atoms with Gasteiger partial charge in [-0.2, -0.15) is 0 Å². The molecule has 0 spiro atoms. The standard InChI is InChI=1S/C31H33N5O6S2/c1-5-41-29(39)25-20(4)26(30(40)42-6-2)44-28(25)33-24(37)18-43-31-35-34-23(36(31)17-21-12-8-7-9-13-21)16-32-27(38)22-14-10-11-19(3)15-22/h7-15H,5-6,16-18H2,1-4H3,(H,32,38)(H,33,37). The number of thiophene rings is 1. The molecule has 0 saturated carbocycles. The third-order valence-electron chi connectivity index (χ3n) is 6.34. The van der Waals surface area contributed by atoms with Crippen LogP contribution in [-0.4, -0.2) is 57.5 Å². The molecule has 2 amide bonds. The summed E-state index contributed by atoms with van der Waals surface area (Å²) in [6.07, 6.45) is 0. The number of amides is 2. The summed E-state index contributed by atoms with van der Waals surface area (Å²) in [5.41, 5.74) is 3.02. The number of aryl methyl sites for hydroxylation is 1. The smallest absolute Gasteiger partial charge is 0.348 e. The Hall–Kier alpha value is -4.49. The van der Waals surface area contributed by atoms with Gasteiger partial charge in [0.15, 0.2) is 11.0 Å². The molecular formula is C31H33N5O6S2. The second kappa shape index (κ2) is 15.3. The Morgan fingerprint density at radius 2 is 1.66 bits per heavy atom. The average Bonchev–Trinajstić information content (AvgIpc) is 3.54. The number of carbonyl (C=O) groups excluding carboxylic acids is 4. The number of hydrogen-bond acceptors (Lipinski definition) is 10. The molecule has 0 atom stereocenters. The average molecular weight is 636 g/mol. The molecule has 2 heterocycles. The molecule has 44 heavy (non-hydrogen) atoms. The topological polar surface area (TPSA) is 142 Å². The van der Waals surface area contributed by atoms with Gasteiger partial charge in [0, 0.05) is 5.56 Å². The van der Waals surface area contributed by atoms with Gasteiger partial charge < -0.3 is 24.7 Å². The quantitative estimate of drug-likeness (QED) is 0.153. The lowest BCUT2D eigenvalue weighted by Crippen LogP contribution is -2.25. The zero-order chi connectivity index (χ0) is 31.6. The molecule has 0 aliphatic heterocycles. The van der Waals surface area contributed by atoms with Crippen LogP contribution in [0.25, 0.3) is 0 Å². The predicted octanol–water partition coefficient (Wildman–Crippen LogP) is 5.02. The van der Waals surface area contributed by atoms with Crippen molar-refractivity contribution in [2.24, 2.45) is 0 Å². The minimum absolute atomic E-state index is 0.0590. The number of carbonyl (C=O) groups is 4. The molecule has 13 heteroatoms. The molecule has 4 aromatic rings. The van der Waals surface area contributed by atoms with Gasteiger partial charge in [0.25, 0.3) is 5.91 Å². The molecular weight excluding hydrogens is 603 g/mol. The predicted molar refractivity (Wildman–Crippen MR) is 168 cm³/mol. The van der Waals surface area contributed by atoms with E-state index in [0.29, 0.717) is 28.7 Å². The summed E-state index contributed by atoms with van der Waals surface area (Å²) in [7, 11) is 0. The monoisotopic (exact) mass is 635 g/mol. The summed E-state index contributed by atoms with van der Waals surface area (Å²) in [6.45, 7) is 7.76. The molecule has 0 fully saturated rings. The number of esters is 2. The largest absolute Gasteiger partial charge is 0.462 e. The Morgan fingerprint density at radius 3 is 2.36 bits per heavy atom. The van der Waals surface area contributed by atoms with Gasteiger partial charge in [0.1, 0.15) is 9.88 Å². The van der Waals surface area contributed by atoms with E-state index in [1.54, 1.807) is 26.8 Å². The van der Waals surface area contributed by atoms with Crippen LogP contribution in [0.2, 0.25) is 0 Å². The second-order valence-corrected chi connectivity index (χ2v) is 11.5. The van der Waals surface area contributed by atoms with Crippen molar-refractivity contribution in [1.29, 1.82) is 0 Å². The van der Waals surface area contributed by atoms with E-state index >= 15 is 0 Å². The first-order valence-corrected chi connectivity index (χ1v) is 15.7.